The largest absolute Gasteiger partial charge is 1.00 e. The molecule has 5 heteroatoms. The fourth-order valence-electron chi connectivity index (χ4n) is 3.13. The second-order valence-corrected chi connectivity index (χ2v) is 11.7. The summed E-state index contributed by atoms with van der Waals surface area (Å²) in [7, 11) is -1.90. The topological polar surface area (TPSA) is 50.2 Å². The van der Waals surface area contributed by atoms with Crippen LogP contribution in [0.3, 0.4) is 0 Å². The van der Waals surface area contributed by atoms with Crippen LogP contribution in [-0.2, 0) is 16.3 Å². The van der Waals surface area contributed by atoms with Gasteiger partial charge in [-0.1, -0.05) is 25.7 Å². The van der Waals surface area contributed by atoms with E-state index in [0.717, 1.165) is 36.1 Å². The minimum atomic E-state index is -1.90. The second-order valence-electron chi connectivity index (χ2n) is 6.33. The normalized spacial score (nSPS) is 22.3. The second kappa shape index (κ2) is 5.43. The maximum absolute atomic E-state index is 12.0. The number of carboxylic acids is 1. The van der Waals surface area contributed by atoms with Gasteiger partial charge in [0.25, 0.3) is 0 Å². The van der Waals surface area contributed by atoms with E-state index in [0.29, 0.717) is 0 Å². The number of nitrogens with zero attached hydrogens (tertiary/aromatic N) is 1. The summed E-state index contributed by atoms with van der Waals surface area (Å²) in [6.45, 7) is 8.42. The summed E-state index contributed by atoms with van der Waals surface area (Å²) in [4.78, 5) is 16.5. The molecule has 1 atom stereocenters. The van der Waals surface area contributed by atoms with Crippen molar-refractivity contribution in [2.45, 2.75) is 50.9 Å². The van der Waals surface area contributed by atoms with E-state index >= 15 is 0 Å². The van der Waals surface area contributed by atoms with Gasteiger partial charge in [-0.3, -0.25) is 9.78 Å². The number of hydrogen-bond donors (Lipinski definition) is 1. The van der Waals surface area contributed by atoms with E-state index in [-0.39, 0.29) is 20.3 Å². The third-order valence-electron chi connectivity index (χ3n) is 4.15. The predicted molar refractivity (Wildman–Crippen MR) is 75.7 cm³/mol. The molecule has 0 saturated heterocycles. The van der Waals surface area contributed by atoms with Crippen molar-refractivity contribution in [3.8, 4) is 0 Å². The number of aryl methyl sites for hydroxylation is 2. The molecule has 0 aromatic carbocycles. The summed E-state index contributed by atoms with van der Waals surface area (Å²) in [6.07, 6.45) is 4.46. The van der Waals surface area contributed by atoms with Crippen molar-refractivity contribution in [1.82, 2.24) is 4.98 Å². The fraction of sp³-hybridized carbons (Fsp3) is 0.571. The van der Waals surface area contributed by atoms with Crippen molar-refractivity contribution in [3.05, 3.63) is 29.1 Å². The van der Waals surface area contributed by atoms with Crippen LogP contribution in [0.1, 0.15) is 31.1 Å². The summed E-state index contributed by atoms with van der Waals surface area (Å²) in [5.41, 5.74) is 3.10. The third-order valence-corrected chi connectivity index (χ3v) is 7.41. The number of carboxylic acid groups (broad SMARTS) is 1. The van der Waals surface area contributed by atoms with Crippen LogP contribution in [0.5, 0.6) is 0 Å². The zero-order valence-electron chi connectivity index (χ0n) is 13.6. The van der Waals surface area contributed by atoms with Gasteiger partial charge in [-0.05, 0) is 37.3 Å². The molecule has 3 nitrogen and oxygen atoms in total. The Bertz CT molecular complexity index is 504. The van der Waals surface area contributed by atoms with E-state index < -0.39 is 19.1 Å². The first-order chi connectivity index (χ1) is 8.29. The first-order valence-electron chi connectivity index (χ1n) is 6.48. The number of fused-ring (bicyclic) bond motifs is 1. The number of carbonyl (C=O) groups is 1. The first kappa shape index (κ1) is 16.5. The van der Waals surface area contributed by atoms with Crippen molar-refractivity contribution in [2.24, 2.45) is 0 Å². The van der Waals surface area contributed by atoms with Gasteiger partial charge < -0.3 is 6.53 Å². The standard InChI is InChI=1S/C14H21NO2Si.Li.H/c1-10-8-11-6-5-7-14(13(16)17,18(2,3)4)12(11)15-9-10;;/h8-9H,5-7H2,1-4H3,(H,16,17);;/q;+1;-1. The van der Waals surface area contributed by atoms with Gasteiger partial charge in [0, 0.05) is 6.20 Å². The van der Waals surface area contributed by atoms with Gasteiger partial charge in [0.2, 0.25) is 0 Å². The average Bonchev–Trinajstić information content (AvgIpc) is 2.25. The summed E-state index contributed by atoms with van der Waals surface area (Å²) >= 11 is 0. The summed E-state index contributed by atoms with van der Waals surface area (Å²) < 4.78 is 0. The van der Waals surface area contributed by atoms with Crippen molar-refractivity contribution < 1.29 is 30.2 Å². The molecule has 1 N–H and O–H groups in total. The quantitative estimate of drug-likeness (QED) is 0.773. The van der Waals surface area contributed by atoms with E-state index in [1.165, 1.54) is 0 Å². The predicted octanol–water partition coefficient (Wildman–Crippen LogP) is 0.0426. The Morgan fingerprint density at radius 2 is 2.11 bits per heavy atom. The van der Waals surface area contributed by atoms with Crippen LogP contribution in [0.4, 0.5) is 0 Å². The molecule has 2 rings (SSSR count). The minimum Gasteiger partial charge on any atom is -1.00 e. The molecule has 0 fully saturated rings. The van der Waals surface area contributed by atoms with E-state index in [1.807, 2.05) is 13.1 Å². The van der Waals surface area contributed by atoms with Crippen LogP contribution >= 0.6 is 0 Å². The summed E-state index contributed by atoms with van der Waals surface area (Å²) in [5, 5.41) is 9.12. The molecular formula is C14H22LiNO2Si. The molecular weight excluding hydrogens is 249 g/mol. The molecule has 1 aromatic heterocycles. The molecule has 19 heavy (non-hydrogen) atoms. The van der Waals surface area contributed by atoms with Crippen LogP contribution in [0.2, 0.25) is 19.6 Å². The Hall–Kier alpha value is -0.566. The smallest absolute Gasteiger partial charge is 1.00 e. The van der Waals surface area contributed by atoms with Gasteiger partial charge in [-0.25, -0.2) is 0 Å². The molecule has 0 aliphatic heterocycles. The van der Waals surface area contributed by atoms with Crippen LogP contribution in [-0.4, -0.2) is 24.1 Å². The van der Waals surface area contributed by atoms with Crippen molar-refractivity contribution in [2.75, 3.05) is 0 Å². The van der Waals surface area contributed by atoms with Gasteiger partial charge in [-0.2, -0.15) is 0 Å². The minimum absolute atomic E-state index is 0. The number of aliphatic carboxylic acids is 1. The van der Waals surface area contributed by atoms with Gasteiger partial charge in [0.1, 0.15) is 5.04 Å². The van der Waals surface area contributed by atoms with Gasteiger partial charge in [0.05, 0.1) is 13.8 Å². The maximum atomic E-state index is 12.0. The van der Waals surface area contributed by atoms with Crippen molar-refractivity contribution >= 4 is 14.0 Å². The van der Waals surface area contributed by atoms with E-state index in [1.54, 1.807) is 0 Å². The monoisotopic (exact) mass is 271 g/mol. The van der Waals surface area contributed by atoms with E-state index in [2.05, 4.69) is 30.7 Å². The fourth-order valence-corrected chi connectivity index (χ4v) is 5.63. The number of rotatable bonds is 2. The number of aromatic nitrogens is 1. The van der Waals surface area contributed by atoms with Crippen LogP contribution < -0.4 is 18.9 Å². The Balaban J connectivity index is 0.00000180. The Morgan fingerprint density at radius 3 is 2.63 bits per heavy atom. The van der Waals surface area contributed by atoms with Gasteiger partial charge >= 0.3 is 24.8 Å². The van der Waals surface area contributed by atoms with Crippen LogP contribution in [0, 0.1) is 6.92 Å². The van der Waals surface area contributed by atoms with Crippen molar-refractivity contribution in [3.63, 3.8) is 0 Å². The van der Waals surface area contributed by atoms with Crippen LogP contribution in [0.25, 0.3) is 0 Å². The van der Waals surface area contributed by atoms with Crippen LogP contribution in [0.15, 0.2) is 12.3 Å². The average molecular weight is 271 g/mol. The first-order valence-corrected chi connectivity index (χ1v) is 9.98. The molecule has 1 heterocycles. The number of pyridine rings is 1. The Morgan fingerprint density at radius 1 is 1.47 bits per heavy atom. The molecule has 0 amide bonds. The summed E-state index contributed by atoms with van der Waals surface area (Å²) in [5.74, 6) is -0.682. The Labute approximate surface area is 129 Å². The molecule has 1 unspecified atom stereocenters. The summed E-state index contributed by atoms with van der Waals surface area (Å²) in [6, 6.07) is 2.11. The van der Waals surface area contributed by atoms with E-state index in [9.17, 15) is 9.90 Å². The molecule has 1 aromatic rings. The molecule has 0 bridgehead atoms. The number of hydrogen-bond acceptors (Lipinski definition) is 2. The SMILES string of the molecule is Cc1cnc2c(c1)CCCC2(C(=O)O)[Si](C)(C)C.[H-].[Li+]. The van der Waals surface area contributed by atoms with Gasteiger partial charge in [-0.15, -0.1) is 0 Å². The molecule has 1 aliphatic carbocycles. The maximum Gasteiger partial charge on any atom is 1.00 e. The van der Waals surface area contributed by atoms with Gasteiger partial charge in [0.15, 0.2) is 0 Å². The molecule has 100 valence electrons. The third kappa shape index (κ3) is 2.54. The zero-order valence-corrected chi connectivity index (χ0v) is 13.6. The molecule has 0 spiro atoms. The zero-order chi connectivity index (χ0) is 13.6. The Kier molecular flexibility index (Phi) is 4.72. The molecule has 1 aliphatic rings. The molecule has 0 radical (unpaired) electrons. The van der Waals surface area contributed by atoms with Crippen molar-refractivity contribution in [1.29, 1.82) is 0 Å². The molecule has 0 saturated carbocycles. The van der Waals surface area contributed by atoms with E-state index in [4.69, 9.17) is 0 Å².